The first-order valence-corrected chi connectivity index (χ1v) is 13.1. The molecule has 0 saturated heterocycles. The maximum Gasteiger partial charge on any atom is 0.345 e. The smallest absolute Gasteiger partial charge is 0.345 e. The molecule has 0 fully saturated rings. The number of anilines is 1. The second kappa shape index (κ2) is 9.42. The fourth-order valence-electron chi connectivity index (χ4n) is 3.30. The molecular formula is C20H17Cl2N2O7PS. The molecule has 33 heavy (non-hydrogen) atoms. The molecule has 0 heterocycles. The number of rotatable bonds is 7. The number of sulfonamides is 1. The first kappa shape index (κ1) is 25.2. The van der Waals surface area contributed by atoms with Crippen molar-refractivity contribution >= 4 is 69.5 Å². The Hall–Kier alpha value is -2.46. The molecule has 0 aliphatic carbocycles. The summed E-state index contributed by atoms with van der Waals surface area (Å²) < 4.78 is 39.2. The van der Waals surface area contributed by atoms with Gasteiger partial charge in [-0.2, -0.15) is 0 Å². The van der Waals surface area contributed by atoms with E-state index in [1.807, 2.05) is 0 Å². The Kier molecular flexibility index (Phi) is 7.18. The fourth-order valence-corrected chi connectivity index (χ4v) is 6.72. The van der Waals surface area contributed by atoms with E-state index in [2.05, 4.69) is 5.32 Å². The average Bonchev–Trinajstić information content (AvgIpc) is 2.74. The van der Waals surface area contributed by atoms with Crippen LogP contribution >= 0.6 is 30.8 Å². The highest BCUT2D eigenvalue weighted by Crippen LogP contribution is 2.42. The number of amides is 1. The van der Waals surface area contributed by atoms with E-state index in [1.54, 1.807) is 0 Å². The van der Waals surface area contributed by atoms with Gasteiger partial charge < -0.3 is 15.1 Å². The largest absolute Gasteiger partial charge is 0.355 e. The van der Waals surface area contributed by atoms with Gasteiger partial charge in [-0.3, -0.25) is 18.5 Å². The Morgan fingerprint density at radius 1 is 1.09 bits per heavy atom. The third kappa shape index (κ3) is 5.22. The van der Waals surface area contributed by atoms with Crippen LogP contribution in [0.15, 0.2) is 53.4 Å². The van der Waals surface area contributed by atoms with Gasteiger partial charge in [0, 0.05) is 28.2 Å². The van der Waals surface area contributed by atoms with E-state index in [9.17, 15) is 32.4 Å². The molecule has 1 amide bonds. The van der Waals surface area contributed by atoms with E-state index in [0.29, 0.717) is 16.0 Å². The topological polar surface area (TPSA) is 141 Å². The summed E-state index contributed by atoms with van der Waals surface area (Å²) in [6, 6.07) is 10.6. The second-order valence-electron chi connectivity index (χ2n) is 6.86. The van der Waals surface area contributed by atoms with Gasteiger partial charge in [-0.25, -0.2) is 8.42 Å². The number of hydrogen-bond acceptors (Lipinski definition) is 5. The van der Waals surface area contributed by atoms with Crippen LogP contribution in [0.25, 0.3) is 10.8 Å². The number of carbonyl (C=O) groups is 2. The molecule has 0 saturated carbocycles. The third-order valence-electron chi connectivity index (χ3n) is 4.68. The zero-order chi connectivity index (χ0) is 24.6. The average molecular weight is 531 g/mol. The minimum absolute atomic E-state index is 0.0125. The molecule has 0 atom stereocenters. The van der Waals surface area contributed by atoms with Crippen molar-refractivity contribution in [3.05, 3.63) is 69.7 Å². The summed E-state index contributed by atoms with van der Waals surface area (Å²) in [5.41, 5.74) is -0.231. The van der Waals surface area contributed by atoms with Gasteiger partial charge in [0.05, 0.1) is 10.6 Å². The molecule has 0 bridgehead atoms. The van der Waals surface area contributed by atoms with Crippen LogP contribution in [0.4, 0.5) is 5.69 Å². The summed E-state index contributed by atoms with van der Waals surface area (Å²) in [5, 5.41) is 3.02. The molecule has 0 unspecified atom stereocenters. The number of carbonyl (C=O) groups excluding carboxylic acids is 2. The zero-order valence-corrected chi connectivity index (χ0v) is 20.1. The standard InChI is InChI=1S/C20H17Cl2N2O7PS/c1-23-20(26)17-4-2-3-15-16(17)5-6-19(18(15)10-25)24(11-32(27,28)29)33(30,31)14-8-12(21)7-13(22)9-14/h2-10H,11H2,1H3,(H,23,26)(H2,27,28,29). The number of nitrogens with one attached hydrogen (secondary N) is 1. The lowest BCUT2D eigenvalue weighted by Gasteiger charge is -2.27. The van der Waals surface area contributed by atoms with Crippen molar-refractivity contribution in [2.45, 2.75) is 4.90 Å². The quantitative estimate of drug-likeness (QED) is 0.312. The minimum Gasteiger partial charge on any atom is -0.355 e. The van der Waals surface area contributed by atoms with Crippen LogP contribution in [0.5, 0.6) is 0 Å². The van der Waals surface area contributed by atoms with E-state index >= 15 is 0 Å². The Morgan fingerprint density at radius 3 is 2.27 bits per heavy atom. The first-order valence-electron chi connectivity index (χ1n) is 9.15. The minimum atomic E-state index is -4.95. The molecule has 174 valence electrons. The van der Waals surface area contributed by atoms with E-state index < -0.39 is 34.7 Å². The molecule has 0 spiro atoms. The van der Waals surface area contributed by atoms with E-state index in [4.69, 9.17) is 23.2 Å². The number of nitrogens with zero attached hydrogens (tertiary/aromatic N) is 1. The number of aldehydes is 1. The molecule has 3 aromatic rings. The zero-order valence-electron chi connectivity index (χ0n) is 16.9. The van der Waals surface area contributed by atoms with E-state index in [0.717, 1.165) is 12.1 Å². The summed E-state index contributed by atoms with van der Waals surface area (Å²) in [5.74, 6) is -0.432. The van der Waals surface area contributed by atoms with Crippen LogP contribution in [0.2, 0.25) is 10.0 Å². The monoisotopic (exact) mass is 530 g/mol. The summed E-state index contributed by atoms with van der Waals surface area (Å²) >= 11 is 11.8. The van der Waals surface area contributed by atoms with Crippen LogP contribution in [0, 0.1) is 0 Å². The summed E-state index contributed by atoms with van der Waals surface area (Å²) in [4.78, 5) is 43.1. The van der Waals surface area contributed by atoms with Crippen molar-refractivity contribution in [3.8, 4) is 0 Å². The van der Waals surface area contributed by atoms with Gasteiger partial charge in [-0.1, -0.05) is 41.4 Å². The predicted octanol–water partition coefficient (Wildman–Crippen LogP) is 3.65. The Morgan fingerprint density at radius 2 is 1.73 bits per heavy atom. The molecule has 3 rings (SSSR count). The number of fused-ring (bicyclic) bond motifs is 1. The van der Waals surface area contributed by atoms with Crippen LogP contribution < -0.4 is 9.62 Å². The van der Waals surface area contributed by atoms with Crippen molar-refractivity contribution in [2.24, 2.45) is 0 Å². The predicted molar refractivity (Wildman–Crippen MR) is 126 cm³/mol. The molecule has 0 aliphatic heterocycles. The Balaban J connectivity index is 2.34. The van der Waals surface area contributed by atoms with Crippen molar-refractivity contribution in [3.63, 3.8) is 0 Å². The molecule has 9 nitrogen and oxygen atoms in total. The normalized spacial score (nSPS) is 11.9. The highest BCUT2D eigenvalue weighted by atomic mass is 35.5. The van der Waals surface area contributed by atoms with Crippen LogP contribution in [0.1, 0.15) is 20.7 Å². The van der Waals surface area contributed by atoms with Gasteiger partial charge in [0.25, 0.3) is 15.9 Å². The Labute approximate surface area is 199 Å². The number of hydrogen-bond donors (Lipinski definition) is 3. The third-order valence-corrected chi connectivity index (χ3v) is 7.69. The van der Waals surface area contributed by atoms with Crippen LogP contribution in [0.3, 0.4) is 0 Å². The van der Waals surface area contributed by atoms with E-state index in [1.165, 1.54) is 43.4 Å². The summed E-state index contributed by atoms with van der Waals surface area (Å²) in [7, 11) is -8.15. The highest BCUT2D eigenvalue weighted by molar-refractivity contribution is 7.93. The summed E-state index contributed by atoms with van der Waals surface area (Å²) in [6.45, 7) is 0. The van der Waals surface area contributed by atoms with Gasteiger partial charge in [0.15, 0.2) is 6.29 Å². The maximum atomic E-state index is 13.4. The molecule has 3 aromatic carbocycles. The maximum absolute atomic E-state index is 13.4. The molecule has 13 heteroatoms. The van der Waals surface area contributed by atoms with Crippen LogP contribution in [-0.4, -0.2) is 43.7 Å². The van der Waals surface area contributed by atoms with Gasteiger partial charge in [-0.15, -0.1) is 0 Å². The molecule has 0 radical (unpaired) electrons. The van der Waals surface area contributed by atoms with Gasteiger partial charge in [-0.05, 0) is 41.1 Å². The van der Waals surface area contributed by atoms with Crippen LogP contribution in [-0.2, 0) is 14.6 Å². The van der Waals surface area contributed by atoms with Gasteiger partial charge in [0.1, 0.15) is 6.29 Å². The molecule has 0 aromatic heterocycles. The second-order valence-corrected chi connectivity index (χ2v) is 11.2. The number of benzene rings is 3. The van der Waals surface area contributed by atoms with Crippen molar-refractivity contribution in [1.29, 1.82) is 0 Å². The Bertz CT molecular complexity index is 1400. The number of halogens is 2. The lowest BCUT2D eigenvalue weighted by Crippen LogP contribution is -2.33. The summed E-state index contributed by atoms with van der Waals surface area (Å²) in [6.07, 6.45) is -0.889. The lowest BCUT2D eigenvalue weighted by atomic mass is 9.98. The molecule has 3 N–H and O–H groups in total. The van der Waals surface area contributed by atoms with Gasteiger partial charge in [0.2, 0.25) is 0 Å². The highest BCUT2D eigenvalue weighted by Gasteiger charge is 2.33. The lowest BCUT2D eigenvalue weighted by molar-refractivity contribution is 0.0964. The molecular weight excluding hydrogens is 514 g/mol. The fraction of sp³-hybridized carbons (Fsp3) is 0.100. The van der Waals surface area contributed by atoms with Crippen molar-refractivity contribution in [2.75, 3.05) is 17.6 Å². The first-order chi connectivity index (χ1) is 15.4. The van der Waals surface area contributed by atoms with Crippen molar-refractivity contribution < 1.29 is 32.4 Å². The molecule has 0 aliphatic rings. The SMILES string of the molecule is CNC(=O)c1cccc2c(C=O)c(N(CP(=O)(O)O)S(=O)(=O)c3cc(Cl)cc(Cl)c3)ccc12. The van der Waals surface area contributed by atoms with Crippen molar-refractivity contribution in [1.82, 2.24) is 5.32 Å². The van der Waals surface area contributed by atoms with E-state index in [-0.39, 0.29) is 32.2 Å². The van der Waals surface area contributed by atoms with Gasteiger partial charge >= 0.3 is 7.60 Å².